The molecule has 0 saturated carbocycles. The molecule has 0 saturated heterocycles. The largest absolute Gasteiger partial charge is 0.492 e. The van der Waals surface area contributed by atoms with E-state index in [-0.39, 0.29) is 24.5 Å². The maximum atomic E-state index is 12.6. The van der Waals surface area contributed by atoms with Gasteiger partial charge in [0, 0.05) is 23.4 Å². The average Bonchev–Trinajstić information content (AvgIpc) is 2.65. The van der Waals surface area contributed by atoms with Crippen LogP contribution in [0.3, 0.4) is 0 Å². The lowest BCUT2D eigenvalue weighted by Crippen LogP contribution is -2.30. The molecule has 1 N–H and O–H groups in total. The van der Waals surface area contributed by atoms with Gasteiger partial charge in [0.1, 0.15) is 18.9 Å². The number of rotatable bonds is 7. The molecule has 0 bridgehead atoms. The second-order valence-corrected chi connectivity index (χ2v) is 8.91. The molecule has 0 radical (unpaired) electrons. The Hall–Kier alpha value is -3.20. The van der Waals surface area contributed by atoms with Crippen molar-refractivity contribution in [1.29, 1.82) is 0 Å². The molecule has 0 atom stereocenters. The Morgan fingerprint density at radius 1 is 1.14 bits per heavy atom. The first-order chi connectivity index (χ1) is 13.7. The summed E-state index contributed by atoms with van der Waals surface area (Å²) in [6, 6.07) is 13.7. The van der Waals surface area contributed by atoms with Crippen LogP contribution in [0.4, 0.5) is 5.69 Å². The van der Waals surface area contributed by atoms with Crippen LogP contribution in [0.1, 0.15) is 5.69 Å². The van der Waals surface area contributed by atoms with Crippen molar-refractivity contribution in [2.45, 2.75) is 13.5 Å². The van der Waals surface area contributed by atoms with Gasteiger partial charge in [0.25, 0.3) is 5.56 Å². The molecule has 9 heteroatoms. The molecule has 0 unspecified atom stereocenters. The molecule has 1 aromatic heterocycles. The number of hydrogen-bond acceptors (Lipinski definition) is 6. The second kappa shape index (κ2) is 8.44. The minimum Gasteiger partial charge on any atom is -0.492 e. The van der Waals surface area contributed by atoms with Gasteiger partial charge in [-0.25, -0.2) is 13.1 Å². The van der Waals surface area contributed by atoms with E-state index in [9.17, 15) is 18.0 Å². The number of carbonyl (C=O) groups excluding carboxylic acids is 1. The molecule has 1 heterocycles. The van der Waals surface area contributed by atoms with Crippen LogP contribution in [0.2, 0.25) is 0 Å². The van der Waals surface area contributed by atoms with Crippen molar-refractivity contribution in [2.24, 2.45) is 0 Å². The summed E-state index contributed by atoms with van der Waals surface area (Å²) in [6.07, 6.45) is 1.14. The van der Waals surface area contributed by atoms with E-state index in [0.717, 1.165) is 16.3 Å². The van der Waals surface area contributed by atoms with Gasteiger partial charge >= 0.3 is 0 Å². The van der Waals surface area contributed by atoms with Crippen molar-refractivity contribution in [1.82, 2.24) is 9.78 Å². The summed E-state index contributed by atoms with van der Waals surface area (Å²) < 4.78 is 28.9. The van der Waals surface area contributed by atoms with Crippen LogP contribution in [-0.4, -0.2) is 42.7 Å². The third kappa shape index (κ3) is 5.41. The number of fused-ring (bicyclic) bond motifs is 1. The highest BCUT2D eigenvalue weighted by atomic mass is 32.2. The second-order valence-electron chi connectivity index (χ2n) is 6.65. The van der Waals surface area contributed by atoms with Crippen molar-refractivity contribution in [2.75, 3.05) is 23.9 Å². The van der Waals surface area contributed by atoms with E-state index >= 15 is 0 Å². The van der Waals surface area contributed by atoms with Crippen LogP contribution >= 0.6 is 0 Å². The maximum absolute atomic E-state index is 12.6. The zero-order valence-electron chi connectivity index (χ0n) is 16.1. The lowest BCUT2D eigenvalue weighted by Gasteiger charge is -2.11. The molecule has 0 aliphatic heterocycles. The monoisotopic (exact) mass is 415 g/mol. The quantitative estimate of drug-likeness (QED) is 0.630. The van der Waals surface area contributed by atoms with Gasteiger partial charge < -0.3 is 10.1 Å². The van der Waals surface area contributed by atoms with Crippen LogP contribution in [0.25, 0.3) is 10.8 Å². The van der Waals surface area contributed by atoms with Gasteiger partial charge in [-0.3, -0.25) is 9.59 Å². The summed E-state index contributed by atoms with van der Waals surface area (Å²) in [6.45, 7) is 1.57. The maximum Gasteiger partial charge on any atom is 0.275 e. The predicted molar refractivity (Wildman–Crippen MR) is 111 cm³/mol. The van der Waals surface area contributed by atoms with Crippen LogP contribution in [0.15, 0.2) is 53.3 Å². The Morgan fingerprint density at radius 2 is 1.86 bits per heavy atom. The topological polar surface area (TPSA) is 107 Å². The first-order valence-electron chi connectivity index (χ1n) is 8.90. The van der Waals surface area contributed by atoms with Gasteiger partial charge in [0.15, 0.2) is 9.84 Å². The normalized spacial score (nSPS) is 11.4. The van der Waals surface area contributed by atoms with Crippen molar-refractivity contribution in [3.63, 3.8) is 0 Å². The number of ether oxygens (including phenoxy) is 1. The number of aromatic nitrogens is 2. The predicted octanol–water partition coefficient (Wildman–Crippen LogP) is 1.77. The summed E-state index contributed by atoms with van der Waals surface area (Å²) in [5.74, 6) is -0.0784. The van der Waals surface area contributed by atoms with Crippen LogP contribution < -0.4 is 15.6 Å². The van der Waals surface area contributed by atoms with Crippen molar-refractivity contribution in [3.05, 3.63) is 64.6 Å². The molecule has 0 aliphatic carbocycles. The highest BCUT2D eigenvalue weighted by molar-refractivity contribution is 7.90. The van der Waals surface area contributed by atoms with Crippen LogP contribution in [0.5, 0.6) is 5.75 Å². The van der Waals surface area contributed by atoms with Crippen molar-refractivity contribution >= 4 is 32.2 Å². The van der Waals surface area contributed by atoms with Gasteiger partial charge in [-0.2, -0.15) is 5.10 Å². The molecule has 152 valence electrons. The minimum absolute atomic E-state index is 0.0198. The lowest BCUT2D eigenvalue weighted by molar-refractivity contribution is -0.117. The number of benzene rings is 2. The Balaban J connectivity index is 1.70. The van der Waals surface area contributed by atoms with Crippen molar-refractivity contribution < 1.29 is 17.9 Å². The molecule has 8 nitrogen and oxygen atoms in total. The Labute approximate surface area is 168 Å². The van der Waals surface area contributed by atoms with Gasteiger partial charge in [-0.1, -0.05) is 24.3 Å². The minimum atomic E-state index is -3.12. The fraction of sp³-hybridized carbons (Fsp3) is 0.250. The first kappa shape index (κ1) is 20.5. The van der Waals surface area contributed by atoms with E-state index in [1.54, 1.807) is 43.3 Å². The molecular weight excluding hydrogens is 394 g/mol. The van der Waals surface area contributed by atoms with Gasteiger partial charge in [-0.15, -0.1) is 0 Å². The summed E-state index contributed by atoms with van der Waals surface area (Å²) in [7, 11) is -3.12. The fourth-order valence-corrected chi connectivity index (χ4v) is 3.21. The average molecular weight is 415 g/mol. The summed E-state index contributed by atoms with van der Waals surface area (Å²) in [5.41, 5.74) is 0.797. The molecule has 2 aromatic carbocycles. The lowest BCUT2D eigenvalue weighted by atomic mass is 10.1. The third-order valence-electron chi connectivity index (χ3n) is 4.19. The van der Waals surface area contributed by atoms with Gasteiger partial charge in [0.2, 0.25) is 5.91 Å². The molecule has 0 aliphatic rings. The van der Waals surface area contributed by atoms with E-state index in [1.165, 1.54) is 0 Å². The van der Waals surface area contributed by atoms with Crippen LogP contribution in [0, 0.1) is 6.92 Å². The van der Waals surface area contributed by atoms with E-state index in [1.807, 2.05) is 12.1 Å². The number of nitrogens with zero attached hydrogens (tertiary/aromatic N) is 2. The Bertz CT molecular complexity index is 1220. The first-order valence-corrected chi connectivity index (χ1v) is 11.0. The number of hydrogen-bond donors (Lipinski definition) is 1. The summed E-state index contributed by atoms with van der Waals surface area (Å²) in [5, 5.41) is 8.19. The Morgan fingerprint density at radius 3 is 2.59 bits per heavy atom. The third-order valence-corrected chi connectivity index (χ3v) is 5.09. The molecule has 0 fully saturated rings. The van der Waals surface area contributed by atoms with Crippen LogP contribution in [-0.2, 0) is 21.2 Å². The number of aryl methyl sites for hydroxylation is 1. The zero-order valence-corrected chi connectivity index (χ0v) is 16.9. The molecular formula is C20H21N3O5S. The Kier molecular flexibility index (Phi) is 5.97. The smallest absolute Gasteiger partial charge is 0.275 e. The zero-order chi connectivity index (χ0) is 21.0. The van der Waals surface area contributed by atoms with E-state index in [4.69, 9.17) is 4.74 Å². The van der Waals surface area contributed by atoms with E-state index < -0.39 is 15.7 Å². The number of anilines is 1. The standard InChI is InChI=1S/C20H21N3O5S/c1-14-17-8-3-4-9-18(17)20(25)23(22-14)13-19(24)21-15-6-5-7-16(12-15)28-10-11-29(2,26)27/h3-9,12H,10-11,13H2,1-2H3,(H,21,24). The number of sulfone groups is 1. The molecule has 29 heavy (non-hydrogen) atoms. The number of nitrogens with one attached hydrogen (secondary N) is 1. The van der Waals surface area contributed by atoms with E-state index in [0.29, 0.717) is 22.5 Å². The highest BCUT2D eigenvalue weighted by Crippen LogP contribution is 2.17. The number of amides is 1. The molecule has 3 rings (SSSR count). The van der Waals surface area contributed by atoms with Gasteiger partial charge in [0.05, 0.1) is 16.8 Å². The summed E-state index contributed by atoms with van der Waals surface area (Å²) >= 11 is 0. The fourth-order valence-electron chi connectivity index (χ4n) is 2.82. The molecule has 0 spiro atoms. The summed E-state index contributed by atoms with van der Waals surface area (Å²) in [4.78, 5) is 25.0. The molecule has 3 aromatic rings. The number of carbonyl (C=O) groups is 1. The van der Waals surface area contributed by atoms with Gasteiger partial charge in [-0.05, 0) is 25.1 Å². The van der Waals surface area contributed by atoms with Crippen molar-refractivity contribution in [3.8, 4) is 5.75 Å². The molecule has 1 amide bonds. The highest BCUT2D eigenvalue weighted by Gasteiger charge is 2.11. The van der Waals surface area contributed by atoms with E-state index in [2.05, 4.69) is 10.4 Å². The SMILES string of the molecule is Cc1nn(CC(=O)Nc2cccc(OCCS(C)(=O)=O)c2)c(=O)c2ccccc12.